The first kappa shape index (κ1) is 30.8. The maximum Gasteiger partial charge on any atom is 0.333 e. The number of hydrogen-bond donors (Lipinski definition) is 4. The van der Waals surface area contributed by atoms with Gasteiger partial charge in [0, 0.05) is 54.8 Å². The first-order valence-corrected chi connectivity index (χ1v) is 15.6. The average Bonchev–Trinajstić information content (AvgIpc) is 3.27. The minimum absolute atomic E-state index is 0.0453. The fourth-order valence-electron chi connectivity index (χ4n) is 4.17. The van der Waals surface area contributed by atoms with Crippen LogP contribution in [-0.2, 0) is 10.0 Å². The van der Waals surface area contributed by atoms with Gasteiger partial charge in [-0.05, 0) is 80.5 Å². The zero-order chi connectivity index (χ0) is 29.9. The molecule has 0 spiro atoms. The zero-order valence-electron chi connectivity index (χ0n) is 22.8. The second-order valence-electron chi connectivity index (χ2n) is 9.54. The molecule has 0 bridgehead atoms. The molecule has 2 aromatic carbocycles. The van der Waals surface area contributed by atoms with Crippen molar-refractivity contribution in [3.05, 3.63) is 80.0 Å². The lowest BCUT2D eigenvalue weighted by molar-refractivity contribution is 0.256. The average molecular weight is 638 g/mol. The van der Waals surface area contributed by atoms with Crippen LogP contribution in [0.2, 0.25) is 9.36 Å². The second-order valence-corrected chi connectivity index (χ2v) is 13.5. The quantitative estimate of drug-likeness (QED) is 0.190. The van der Waals surface area contributed by atoms with Crippen molar-refractivity contribution in [2.45, 2.75) is 17.2 Å². The highest BCUT2D eigenvalue weighted by atomic mass is 35.5. The van der Waals surface area contributed by atoms with E-state index < -0.39 is 16.1 Å². The number of carbonyl (C=O) groups is 1. The molecule has 14 heteroatoms. The number of halogens is 2. The minimum Gasteiger partial charge on any atom is -0.388 e. The minimum atomic E-state index is -4.16. The lowest BCUT2D eigenvalue weighted by atomic mass is 10.0. The molecular weight excluding hydrogens is 607 g/mol. The summed E-state index contributed by atoms with van der Waals surface area (Å²) in [6.45, 7) is 3.69. The number of likely N-dealkylation sites (N-methyl/N-ethyl adjacent to an activating group) is 1. The van der Waals surface area contributed by atoms with E-state index in [-0.39, 0.29) is 25.2 Å². The number of thiophene rings is 1. The van der Waals surface area contributed by atoms with Gasteiger partial charge in [-0.3, -0.25) is 9.36 Å². The number of fused-ring (bicyclic) bond motifs is 1. The van der Waals surface area contributed by atoms with Crippen molar-refractivity contribution < 1.29 is 13.2 Å². The number of pyridine rings is 1. The second kappa shape index (κ2) is 12.8. The van der Waals surface area contributed by atoms with Crippen molar-refractivity contribution >= 4 is 72.7 Å². The zero-order valence-corrected chi connectivity index (χ0v) is 25.9. The van der Waals surface area contributed by atoms with Gasteiger partial charge >= 0.3 is 6.03 Å². The molecule has 1 atom stereocenters. The standard InChI is InChI=1S/C27H30Cl2N6O4S2/c1-16(31-11-12-34(3)4)22-15-35(26(36)20-10-7-18(30-2)13-21(20)22)19-8-5-17(6-9-19)32-27(37)33-41(38,39)24-14-23(28)25(29)40-24/h5-10,13-16,30-31H,11-12H2,1-4H3,(H2,32,33,37). The molecule has 0 radical (unpaired) electrons. The van der Waals surface area contributed by atoms with Crippen molar-refractivity contribution in [2.75, 3.05) is 44.9 Å². The molecule has 1 unspecified atom stereocenters. The number of anilines is 2. The van der Waals surface area contributed by atoms with E-state index in [1.54, 1.807) is 28.8 Å². The van der Waals surface area contributed by atoms with Gasteiger partial charge in [0.2, 0.25) is 0 Å². The normalized spacial score (nSPS) is 12.5. The van der Waals surface area contributed by atoms with Crippen molar-refractivity contribution in [1.82, 2.24) is 19.5 Å². The number of urea groups is 1. The summed E-state index contributed by atoms with van der Waals surface area (Å²) in [5.74, 6) is 0. The molecule has 0 aliphatic heterocycles. The summed E-state index contributed by atoms with van der Waals surface area (Å²) in [5.41, 5.74) is 2.58. The lowest BCUT2D eigenvalue weighted by Crippen LogP contribution is -2.33. The van der Waals surface area contributed by atoms with Crippen LogP contribution in [0.3, 0.4) is 0 Å². The Bertz CT molecular complexity index is 1720. The lowest BCUT2D eigenvalue weighted by Gasteiger charge is -2.20. The molecule has 0 fully saturated rings. The van der Waals surface area contributed by atoms with E-state index in [0.717, 1.165) is 41.1 Å². The van der Waals surface area contributed by atoms with Gasteiger partial charge in [-0.15, -0.1) is 11.3 Å². The summed E-state index contributed by atoms with van der Waals surface area (Å²) in [6, 6.07) is 12.3. The van der Waals surface area contributed by atoms with Crippen LogP contribution in [0.1, 0.15) is 18.5 Å². The number of aromatic nitrogens is 1. The summed E-state index contributed by atoms with van der Waals surface area (Å²) < 4.78 is 28.4. The monoisotopic (exact) mass is 636 g/mol. The summed E-state index contributed by atoms with van der Waals surface area (Å²) >= 11 is 12.4. The van der Waals surface area contributed by atoms with Gasteiger partial charge in [0.15, 0.2) is 0 Å². The van der Waals surface area contributed by atoms with E-state index in [9.17, 15) is 18.0 Å². The van der Waals surface area contributed by atoms with Crippen LogP contribution in [0.5, 0.6) is 0 Å². The van der Waals surface area contributed by atoms with Crippen LogP contribution in [0, 0.1) is 0 Å². The SMILES string of the molecule is CNc1ccc2c(=O)n(-c3ccc(NC(=O)NS(=O)(=O)c4cc(Cl)c(Cl)s4)cc3)cc(C(C)NCCN(C)C)c2c1. The van der Waals surface area contributed by atoms with Crippen LogP contribution in [-0.4, -0.2) is 58.1 Å². The molecule has 4 N–H and O–H groups in total. The largest absolute Gasteiger partial charge is 0.388 e. The van der Waals surface area contributed by atoms with Gasteiger partial charge in [-0.25, -0.2) is 17.9 Å². The maximum absolute atomic E-state index is 13.5. The van der Waals surface area contributed by atoms with Gasteiger partial charge < -0.3 is 20.9 Å². The number of rotatable bonds is 10. The summed E-state index contributed by atoms with van der Waals surface area (Å²) in [5, 5.41) is 10.7. The summed E-state index contributed by atoms with van der Waals surface area (Å²) in [6.07, 6.45) is 1.83. The number of carbonyl (C=O) groups excluding carboxylic acids is 1. The fourth-order valence-corrected chi connectivity index (χ4v) is 6.95. The van der Waals surface area contributed by atoms with E-state index >= 15 is 0 Å². The Balaban J connectivity index is 1.60. The molecule has 10 nitrogen and oxygen atoms in total. The summed E-state index contributed by atoms with van der Waals surface area (Å²) in [4.78, 5) is 28.0. The van der Waals surface area contributed by atoms with E-state index in [4.69, 9.17) is 23.2 Å². The van der Waals surface area contributed by atoms with Gasteiger partial charge in [0.25, 0.3) is 15.6 Å². The molecule has 41 heavy (non-hydrogen) atoms. The molecule has 4 rings (SSSR count). The number of benzene rings is 2. The van der Waals surface area contributed by atoms with Crippen molar-refractivity contribution in [2.24, 2.45) is 0 Å². The summed E-state index contributed by atoms with van der Waals surface area (Å²) in [7, 11) is 1.70. The van der Waals surface area contributed by atoms with Crippen LogP contribution in [0.15, 0.2) is 63.7 Å². The predicted octanol–water partition coefficient (Wildman–Crippen LogP) is 5.12. The van der Waals surface area contributed by atoms with Crippen molar-refractivity contribution in [3.63, 3.8) is 0 Å². The molecule has 0 aliphatic rings. The first-order valence-electron chi connectivity index (χ1n) is 12.5. The Kier molecular flexibility index (Phi) is 9.62. The van der Waals surface area contributed by atoms with Crippen molar-refractivity contribution in [3.8, 4) is 5.69 Å². The van der Waals surface area contributed by atoms with E-state index in [0.29, 0.717) is 16.8 Å². The molecule has 0 aliphatic carbocycles. The predicted molar refractivity (Wildman–Crippen MR) is 168 cm³/mol. The number of hydrogen-bond acceptors (Lipinski definition) is 8. The van der Waals surface area contributed by atoms with Crippen LogP contribution in [0.4, 0.5) is 16.2 Å². The smallest absolute Gasteiger partial charge is 0.333 e. The number of nitrogens with one attached hydrogen (secondary N) is 4. The number of sulfonamides is 1. The molecule has 0 saturated carbocycles. The molecule has 2 heterocycles. The third-order valence-corrected chi connectivity index (χ3v) is 10.0. The number of nitrogens with zero attached hydrogens (tertiary/aromatic N) is 2. The van der Waals surface area contributed by atoms with E-state index in [1.165, 1.54) is 6.07 Å². The highest BCUT2D eigenvalue weighted by molar-refractivity contribution is 7.92. The number of amides is 2. The molecule has 2 aromatic heterocycles. The first-order chi connectivity index (χ1) is 19.4. The Labute approximate surface area is 252 Å². The Morgan fingerprint density at radius 1 is 1.05 bits per heavy atom. The van der Waals surface area contributed by atoms with Gasteiger partial charge in [-0.1, -0.05) is 23.2 Å². The topological polar surface area (TPSA) is 125 Å². The fraction of sp³-hybridized carbons (Fsp3) is 0.259. The Hall–Kier alpha value is -3.13. The highest BCUT2D eigenvalue weighted by Crippen LogP contribution is 2.34. The van der Waals surface area contributed by atoms with E-state index in [2.05, 4.69) is 27.8 Å². The maximum atomic E-state index is 13.5. The Morgan fingerprint density at radius 2 is 1.73 bits per heavy atom. The van der Waals surface area contributed by atoms with Crippen LogP contribution < -0.4 is 26.2 Å². The van der Waals surface area contributed by atoms with Gasteiger partial charge in [0.1, 0.15) is 8.55 Å². The third-order valence-electron chi connectivity index (χ3n) is 6.33. The van der Waals surface area contributed by atoms with Gasteiger partial charge in [-0.2, -0.15) is 0 Å². The molecule has 4 aromatic rings. The molecule has 0 saturated heterocycles. The highest BCUT2D eigenvalue weighted by Gasteiger charge is 2.22. The van der Waals surface area contributed by atoms with Crippen LogP contribution >= 0.6 is 34.5 Å². The molecular formula is C27H30Cl2N6O4S2. The Morgan fingerprint density at radius 3 is 2.34 bits per heavy atom. The van der Waals surface area contributed by atoms with Crippen LogP contribution in [0.25, 0.3) is 16.5 Å². The third kappa shape index (κ3) is 7.21. The molecule has 218 valence electrons. The van der Waals surface area contributed by atoms with E-state index in [1.807, 2.05) is 50.3 Å². The molecule has 2 amide bonds. The van der Waals surface area contributed by atoms with Gasteiger partial charge in [0.05, 0.1) is 5.02 Å². The van der Waals surface area contributed by atoms with Crippen molar-refractivity contribution in [1.29, 1.82) is 0 Å².